The number of amides is 2. The third kappa shape index (κ3) is 15.5. The first-order chi connectivity index (χ1) is 26.8. The number of ketones is 2. The molecule has 4 aromatic carbocycles. The summed E-state index contributed by atoms with van der Waals surface area (Å²) in [6, 6.07) is 40.2. The summed E-state index contributed by atoms with van der Waals surface area (Å²) in [5.74, 6) is -2.04. The minimum absolute atomic E-state index is 0.0120. The highest BCUT2D eigenvalue weighted by Gasteiger charge is 2.26. The van der Waals surface area contributed by atoms with Crippen molar-refractivity contribution in [2.45, 2.75) is 31.6 Å². The van der Waals surface area contributed by atoms with Gasteiger partial charge in [-0.1, -0.05) is 121 Å². The van der Waals surface area contributed by atoms with Crippen LogP contribution in [0.1, 0.15) is 53.9 Å². The summed E-state index contributed by atoms with van der Waals surface area (Å²) in [6.45, 7) is 2.79. The molecule has 0 spiro atoms. The molecular formula is C44H56N6O5. The van der Waals surface area contributed by atoms with E-state index in [1.807, 2.05) is 72.8 Å². The lowest BCUT2D eigenvalue weighted by molar-refractivity contribution is -0.143. The molecule has 0 heterocycles. The summed E-state index contributed by atoms with van der Waals surface area (Å²) in [7, 11) is 0. The van der Waals surface area contributed by atoms with Crippen molar-refractivity contribution in [3.05, 3.63) is 144 Å². The molecule has 292 valence electrons. The van der Waals surface area contributed by atoms with E-state index in [2.05, 4.69) is 59.2 Å². The number of nitrogens with zero attached hydrogens (tertiary/aromatic N) is 2. The van der Waals surface area contributed by atoms with Crippen LogP contribution in [-0.2, 0) is 24.0 Å². The predicted molar refractivity (Wildman–Crippen MR) is 217 cm³/mol. The van der Waals surface area contributed by atoms with E-state index in [9.17, 15) is 19.2 Å². The summed E-state index contributed by atoms with van der Waals surface area (Å²) >= 11 is 0. The van der Waals surface area contributed by atoms with Crippen LogP contribution in [0.5, 0.6) is 0 Å². The third-order valence-corrected chi connectivity index (χ3v) is 9.01. The van der Waals surface area contributed by atoms with Crippen molar-refractivity contribution in [1.82, 2.24) is 20.4 Å². The predicted octanol–water partition coefficient (Wildman–Crippen LogP) is 3.53. The highest BCUT2D eigenvalue weighted by molar-refractivity contribution is 6.39. The van der Waals surface area contributed by atoms with Gasteiger partial charge in [0, 0.05) is 38.0 Å². The Morgan fingerprint density at radius 2 is 0.818 bits per heavy atom. The van der Waals surface area contributed by atoms with Crippen LogP contribution in [0.4, 0.5) is 0 Å². The smallest absolute Gasteiger partial charge is 0.236 e. The SMILES string of the molecule is CC=O.NCCCN(CC(=O)C(=O)CN(CCCN)C(=O)CNCC(c1ccccc1)c1ccccc1)C(=O)CNCC(c1ccccc1)c1ccccc1. The Balaban J connectivity index is 0.00000262. The van der Waals surface area contributed by atoms with Crippen molar-refractivity contribution in [3.8, 4) is 0 Å². The van der Waals surface area contributed by atoms with Gasteiger partial charge < -0.3 is 36.7 Å². The van der Waals surface area contributed by atoms with E-state index in [1.54, 1.807) is 0 Å². The number of Topliss-reactive ketones (excluding diaryl/α,β-unsaturated/α-hetero) is 2. The van der Waals surface area contributed by atoms with Crippen LogP contribution in [0.3, 0.4) is 0 Å². The Hall–Kier alpha value is -5.33. The van der Waals surface area contributed by atoms with Crippen LogP contribution in [0, 0.1) is 0 Å². The standard InChI is InChI=1S/C42H52N6O4.C2H4O/c43-23-13-25-47(41(51)29-45-27-37(33-15-5-1-6-16-33)34-17-7-2-8-18-34)31-39(49)40(50)32-48(26-14-24-44)42(52)30-46-28-38(35-19-9-3-10-20-35)36-21-11-4-12-22-36;1-2-3/h1-12,15-22,37-38,45-46H,13-14,23-32,43-44H2;2H,1H3. The van der Waals surface area contributed by atoms with Gasteiger partial charge in [-0.2, -0.15) is 0 Å². The number of aldehydes is 1. The van der Waals surface area contributed by atoms with E-state index < -0.39 is 11.6 Å². The zero-order chi connectivity index (χ0) is 39.7. The maximum absolute atomic E-state index is 13.4. The molecule has 0 aliphatic rings. The monoisotopic (exact) mass is 748 g/mol. The fourth-order valence-electron chi connectivity index (χ4n) is 6.14. The van der Waals surface area contributed by atoms with Crippen molar-refractivity contribution < 1.29 is 24.0 Å². The number of nitrogens with two attached hydrogens (primary N) is 2. The van der Waals surface area contributed by atoms with Crippen LogP contribution >= 0.6 is 0 Å². The first kappa shape index (κ1) is 44.1. The lowest BCUT2D eigenvalue weighted by Gasteiger charge is -2.25. The minimum atomic E-state index is -0.733. The molecule has 0 fully saturated rings. The Morgan fingerprint density at radius 3 is 1.07 bits per heavy atom. The van der Waals surface area contributed by atoms with Crippen molar-refractivity contribution in [3.63, 3.8) is 0 Å². The lowest BCUT2D eigenvalue weighted by atomic mass is 9.91. The molecule has 0 saturated carbocycles. The first-order valence-electron chi connectivity index (χ1n) is 18.9. The van der Waals surface area contributed by atoms with Gasteiger partial charge >= 0.3 is 0 Å². The van der Waals surface area contributed by atoms with Crippen LogP contribution in [-0.4, -0.2) is 105 Å². The molecule has 55 heavy (non-hydrogen) atoms. The van der Waals surface area contributed by atoms with Gasteiger partial charge in [0.1, 0.15) is 6.29 Å². The highest BCUT2D eigenvalue weighted by Crippen LogP contribution is 2.24. The first-order valence-corrected chi connectivity index (χ1v) is 18.9. The fraction of sp³-hybridized carbons (Fsp3) is 0.341. The zero-order valence-corrected chi connectivity index (χ0v) is 31.9. The molecular weight excluding hydrogens is 693 g/mol. The molecule has 4 rings (SSSR count). The molecule has 0 aromatic heterocycles. The number of hydrogen-bond donors (Lipinski definition) is 4. The quantitative estimate of drug-likeness (QED) is 0.0656. The number of nitrogens with one attached hydrogen (secondary N) is 2. The van der Waals surface area contributed by atoms with Crippen LogP contribution in [0.15, 0.2) is 121 Å². The van der Waals surface area contributed by atoms with Crippen LogP contribution in [0.25, 0.3) is 0 Å². The van der Waals surface area contributed by atoms with Crippen LogP contribution < -0.4 is 22.1 Å². The van der Waals surface area contributed by atoms with Crippen molar-refractivity contribution in [2.24, 2.45) is 11.5 Å². The molecule has 0 aliphatic heterocycles. The second kappa shape index (κ2) is 25.6. The summed E-state index contributed by atoms with van der Waals surface area (Å²) in [5.41, 5.74) is 15.9. The van der Waals surface area contributed by atoms with Gasteiger partial charge in [0.15, 0.2) is 0 Å². The average Bonchev–Trinajstić information content (AvgIpc) is 3.22. The molecule has 0 unspecified atom stereocenters. The van der Waals surface area contributed by atoms with Gasteiger partial charge in [0.05, 0.1) is 26.2 Å². The topological polar surface area (TPSA) is 168 Å². The maximum Gasteiger partial charge on any atom is 0.236 e. The summed E-state index contributed by atoms with van der Waals surface area (Å²) in [5, 5.41) is 6.54. The molecule has 2 amide bonds. The Labute approximate surface area is 325 Å². The van der Waals surface area contributed by atoms with E-state index in [0.29, 0.717) is 39.0 Å². The summed E-state index contributed by atoms with van der Waals surface area (Å²) in [4.78, 5) is 64.8. The summed E-state index contributed by atoms with van der Waals surface area (Å²) in [6.07, 6.45) is 1.70. The average molecular weight is 749 g/mol. The second-order valence-corrected chi connectivity index (χ2v) is 13.0. The second-order valence-electron chi connectivity index (χ2n) is 13.0. The normalized spacial score (nSPS) is 10.7. The van der Waals surface area contributed by atoms with Gasteiger partial charge in [-0.05, 0) is 55.1 Å². The number of hydrogen-bond acceptors (Lipinski definition) is 9. The Morgan fingerprint density at radius 1 is 0.545 bits per heavy atom. The van der Waals surface area contributed by atoms with Crippen molar-refractivity contribution >= 4 is 29.7 Å². The van der Waals surface area contributed by atoms with Gasteiger partial charge in [0.2, 0.25) is 23.4 Å². The molecule has 0 radical (unpaired) electrons. The molecule has 0 atom stereocenters. The van der Waals surface area contributed by atoms with Crippen molar-refractivity contribution in [1.29, 1.82) is 0 Å². The zero-order valence-electron chi connectivity index (χ0n) is 31.9. The molecule has 11 nitrogen and oxygen atoms in total. The highest BCUT2D eigenvalue weighted by atomic mass is 16.2. The van der Waals surface area contributed by atoms with E-state index in [1.165, 1.54) is 16.7 Å². The summed E-state index contributed by atoms with van der Waals surface area (Å²) < 4.78 is 0. The molecule has 0 bridgehead atoms. The van der Waals surface area contributed by atoms with Gasteiger partial charge in [0.25, 0.3) is 0 Å². The van der Waals surface area contributed by atoms with Gasteiger partial charge in [-0.3, -0.25) is 19.2 Å². The molecule has 0 aliphatic carbocycles. The Bertz CT molecular complexity index is 1510. The van der Waals surface area contributed by atoms with Gasteiger partial charge in [-0.15, -0.1) is 0 Å². The van der Waals surface area contributed by atoms with Crippen molar-refractivity contribution in [2.75, 3.05) is 65.4 Å². The molecule has 6 N–H and O–H groups in total. The van der Waals surface area contributed by atoms with E-state index in [-0.39, 0.29) is 62.9 Å². The number of rotatable bonds is 23. The maximum atomic E-state index is 13.4. The Kier molecular flexibility index (Phi) is 20.5. The van der Waals surface area contributed by atoms with E-state index in [0.717, 1.165) is 28.5 Å². The largest absolute Gasteiger partial charge is 0.334 e. The number of benzene rings is 4. The third-order valence-electron chi connectivity index (χ3n) is 9.01. The van der Waals surface area contributed by atoms with Gasteiger partial charge in [-0.25, -0.2) is 0 Å². The number of carbonyl (C=O) groups excluding carboxylic acids is 5. The minimum Gasteiger partial charge on any atom is -0.334 e. The van der Waals surface area contributed by atoms with Crippen LogP contribution in [0.2, 0.25) is 0 Å². The lowest BCUT2D eigenvalue weighted by Crippen LogP contribution is -2.47. The fourth-order valence-corrected chi connectivity index (χ4v) is 6.14. The van der Waals surface area contributed by atoms with E-state index >= 15 is 0 Å². The molecule has 0 saturated heterocycles. The van der Waals surface area contributed by atoms with E-state index in [4.69, 9.17) is 16.3 Å². The number of carbonyl (C=O) groups is 5. The molecule has 4 aromatic rings. The molecule has 11 heteroatoms.